The van der Waals surface area contributed by atoms with Crippen LogP contribution in [0.1, 0.15) is 0 Å². The maximum Gasteiger partial charge on any atom is 0.262 e. The lowest BCUT2D eigenvalue weighted by Crippen LogP contribution is -2.34. The number of benzene rings is 3. The summed E-state index contributed by atoms with van der Waals surface area (Å²) in [6.45, 7) is 0. The Hall–Kier alpha value is -2.87. The van der Waals surface area contributed by atoms with Gasteiger partial charge in [0.05, 0.1) is 5.39 Å². The van der Waals surface area contributed by atoms with Crippen LogP contribution in [0.3, 0.4) is 0 Å². The summed E-state index contributed by atoms with van der Waals surface area (Å²) in [7, 11) is 0. The maximum atomic E-state index is 6.14. The van der Waals surface area contributed by atoms with Gasteiger partial charge >= 0.3 is 0 Å². The van der Waals surface area contributed by atoms with Crippen molar-refractivity contribution >= 4 is 21.7 Å². The van der Waals surface area contributed by atoms with Crippen molar-refractivity contribution < 1.29 is 9.30 Å². The van der Waals surface area contributed by atoms with Gasteiger partial charge in [-0.1, -0.05) is 36.4 Å². The SMILES string of the molecule is c1ccc2c(c1)Oc1cc3ccccc3c3ccc[n+]-2c13. The molecule has 21 heavy (non-hydrogen) atoms. The molecule has 0 fully saturated rings. The Morgan fingerprint density at radius 1 is 0.714 bits per heavy atom. The molecule has 2 heteroatoms. The number of fused-ring (bicyclic) bond motifs is 4. The van der Waals surface area contributed by atoms with Crippen molar-refractivity contribution in [3.05, 3.63) is 72.9 Å². The number of ether oxygens (including phenoxy) is 1. The number of hydrogen-bond acceptors (Lipinski definition) is 1. The monoisotopic (exact) mass is 270 g/mol. The number of para-hydroxylation sites is 2. The topological polar surface area (TPSA) is 13.1 Å². The van der Waals surface area contributed by atoms with Gasteiger partial charge in [0.1, 0.15) is 0 Å². The number of aromatic nitrogens is 1. The highest BCUT2D eigenvalue weighted by Gasteiger charge is 2.27. The molecule has 0 saturated carbocycles. The van der Waals surface area contributed by atoms with Gasteiger partial charge in [-0.05, 0) is 29.0 Å². The average molecular weight is 270 g/mol. The van der Waals surface area contributed by atoms with Crippen LogP contribution < -0.4 is 9.30 Å². The van der Waals surface area contributed by atoms with E-state index in [-0.39, 0.29) is 0 Å². The molecule has 4 aromatic rings. The minimum absolute atomic E-state index is 0.901. The van der Waals surface area contributed by atoms with E-state index in [1.54, 1.807) is 0 Å². The van der Waals surface area contributed by atoms with Crippen LogP contribution in [0.15, 0.2) is 72.9 Å². The summed E-state index contributed by atoms with van der Waals surface area (Å²) in [4.78, 5) is 0. The van der Waals surface area contributed by atoms with Crippen LogP contribution in [0.5, 0.6) is 11.5 Å². The molecule has 0 aliphatic carbocycles. The summed E-state index contributed by atoms with van der Waals surface area (Å²) < 4.78 is 8.35. The lowest BCUT2D eigenvalue weighted by atomic mass is 10.0. The number of hydrogen-bond donors (Lipinski definition) is 0. The quantitative estimate of drug-likeness (QED) is 0.301. The van der Waals surface area contributed by atoms with Gasteiger partial charge in [-0.15, -0.1) is 0 Å². The zero-order valence-electron chi connectivity index (χ0n) is 11.3. The molecule has 1 aromatic heterocycles. The molecule has 0 saturated heterocycles. The molecule has 0 unspecified atom stereocenters. The van der Waals surface area contributed by atoms with Crippen LogP contribution in [0, 0.1) is 0 Å². The molecule has 0 bridgehead atoms. The molecule has 0 amide bonds. The summed E-state index contributed by atoms with van der Waals surface area (Å²) in [6, 6.07) is 23.0. The lowest BCUT2D eigenvalue weighted by molar-refractivity contribution is -0.570. The van der Waals surface area contributed by atoms with Gasteiger partial charge in [0.2, 0.25) is 5.75 Å². The predicted octanol–water partition coefficient (Wildman–Crippen LogP) is 4.38. The largest absolute Gasteiger partial charge is 0.443 e. The first-order valence-corrected chi connectivity index (χ1v) is 7.05. The van der Waals surface area contributed by atoms with Gasteiger partial charge in [-0.25, -0.2) is 0 Å². The maximum absolute atomic E-state index is 6.14. The van der Waals surface area contributed by atoms with Crippen molar-refractivity contribution in [2.45, 2.75) is 0 Å². The van der Waals surface area contributed by atoms with E-state index in [1.807, 2.05) is 18.2 Å². The first kappa shape index (κ1) is 10.9. The van der Waals surface area contributed by atoms with Crippen molar-refractivity contribution in [3.63, 3.8) is 0 Å². The van der Waals surface area contributed by atoms with E-state index >= 15 is 0 Å². The van der Waals surface area contributed by atoms with E-state index in [9.17, 15) is 0 Å². The van der Waals surface area contributed by atoms with Crippen LogP contribution in [0.2, 0.25) is 0 Å². The summed E-state index contributed by atoms with van der Waals surface area (Å²) in [5.41, 5.74) is 2.22. The van der Waals surface area contributed by atoms with Gasteiger partial charge in [0.15, 0.2) is 11.9 Å². The Labute approximate surface area is 121 Å². The van der Waals surface area contributed by atoms with Gasteiger partial charge in [0.25, 0.3) is 11.2 Å². The fourth-order valence-electron chi connectivity index (χ4n) is 3.19. The van der Waals surface area contributed by atoms with E-state index in [0.717, 1.165) is 22.7 Å². The van der Waals surface area contributed by atoms with Gasteiger partial charge in [-0.3, -0.25) is 0 Å². The Morgan fingerprint density at radius 2 is 1.52 bits per heavy atom. The molecule has 1 aliphatic rings. The summed E-state index contributed by atoms with van der Waals surface area (Å²) in [5.74, 6) is 1.82. The molecule has 0 spiro atoms. The highest BCUT2D eigenvalue weighted by atomic mass is 16.5. The first-order chi connectivity index (χ1) is 10.4. The zero-order chi connectivity index (χ0) is 13.8. The van der Waals surface area contributed by atoms with E-state index in [2.05, 4.69) is 59.3 Å². The van der Waals surface area contributed by atoms with E-state index < -0.39 is 0 Å². The Balaban J connectivity index is 2.04. The van der Waals surface area contributed by atoms with Crippen LogP contribution >= 0.6 is 0 Å². The van der Waals surface area contributed by atoms with E-state index in [1.165, 1.54) is 16.2 Å². The van der Waals surface area contributed by atoms with Gasteiger partial charge in [0, 0.05) is 12.1 Å². The second-order valence-electron chi connectivity index (χ2n) is 5.31. The predicted molar refractivity (Wildman–Crippen MR) is 83.1 cm³/mol. The second-order valence-corrected chi connectivity index (χ2v) is 5.31. The van der Waals surface area contributed by atoms with Crippen LogP contribution in [0.4, 0.5) is 0 Å². The highest BCUT2D eigenvalue weighted by molar-refractivity contribution is 6.08. The van der Waals surface area contributed by atoms with Crippen LogP contribution in [-0.2, 0) is 0 Å². The highest BCUT2D eigenvalue weighted by Crippen LogP contribution is 2.38. The van der Waals surface area contributed by atoms with Crippen molar-refractivity contribution in [2.24, 2.45) is 0 Å². The summed E-state index contributed by atoms with van der Waals surface area (Å²) in [6.07, 6.45) is 2.10. The molecule has 0 N–H and O–H groups in total. The molecule has 0 atom stereocenters. The molecule has 98 valence electrons. The zero-order valence-corrected chi connectivity index (χ0v) is 11.3. The molecule has 3 aromatic carbocycles. The van der Waals surface area contributed by atoms with Crippen molar-refractivity contribution in [2.75, 3.05) is 0 Å². The van der Waals surface area contributed by atoms with Crippen LogP contribution in [-0.4, -0.2) is 0 Å². The van der Waals surface area contributed by atoms with Crippen molar-refractivity contribution in [1.29, 1.82) is 0 Å². The standard InChI is InChI=1S/C19H12NO/c1-2-7-14-13(6-1)12-18-19-15(14)8-5-11-20(19)16-9-3-4-10-17(16)21-18/h1-12H/q+1. The minimum Gasteiger partial charge on any atom is -0.443 e. The van der Waals surface area contributed by atoms with Crippen molar-refractivity contribution in [3.8, 4) is 17.2 Å². The molecular weight excluding hydrogens is 258 g/mol. The molecule has 2 nitrogen and oxygen atoms in total. The Bertz CT molecular complexity index is 1020. The Kier molecular flexibility index (Phi) is 1.98. The number of pyridine rings is 1. The fraction of sp³-hybridized carbons (Fsp3) is 0. The van der Waals surface area contributed by atoms with E-state index in [4.69, 9.17) is 4.74 Å². The number of nitrogens with zero attached hydrogens (tertiary/aromatic N) is 1. The van der Waals surface area contributed by atoms with Gasteiger partial charge in [-0.2, -0.15) is 4.57 Å². The summed E-state index contributed by atoms with van der Waals surface area (Å²) in [5, 5.41) is 3.69. The molecular formula is C19H12NO+. The lowest BCUT2D eigenvalue weighted by Gasteiger charge is -2.16. The van der Waals surface area contributed by atoms with Gasteiger partial charge < -0.3 is 4.74 Å². The third-order valence-electron chi connectivity index (χ3n) is 4.11. The van der Waals surface area contributed by atoms with E-state index in [0.29, 0.717) is 0 Å². The van der Waals surface area contributed by atoms with Crippen LogP contribution in [0.25, 0.3) is 27.4 Å². The fourth-order valence-corrected chi connectivity index (χ4v) is 3.19. The third-order valence-corrected chi connectivity index (χ3v) is 4.11. The minimum atomic E-state index is 0.901. The average Bonchev–Trinajstić information content (AvgIpc) is 2.55. The summed E-state index contributed by atoms with van der Waals surface area (Å²) >= 11 is 0. The smallest absolute Gasteiger partial charge is 0.262 e. The van der Waals surface area contributed by atoms with Crippen molar-refractivity contribution in [1.82, 2.24) is 0 Å². The molecule has 1 aliphatic heterocycles. The number of rotatable bonds is 0. The third kappa shape index (κ3) is 1.39. The molecule has 5 rings (SSSR count). The Morgan fingerprint density at radius 3 is 2.52 bits per heavy atom. The normalized spacial score (nSPS) is 12.2. The molecule has 2 heterocycles. The first-order valence-electron chi connectivity index (χ1n) is 7.05. The molecule has 0 radical (unpaired) electrons. The second kappa shape index (κ2) is 3.83.